The first kappa shape index (κ1) is 36.0. The molecule has 3 atom stereocenters. The molecule has 0 aliphatic heterocycles. The number of guanidine groups is 1. The van der Waals surface area contributed by atoms with E-state index in [0.29, 0.717) is 19.4 Å². The fraction of sp³-hybridized carbons (Fsp3) is 0.485. The van der Waals surface area contributed by atoms with Gasteiger partial charge in [-0.15, -0.1) is 0 Å². The molecule has 0 fully saturated rings. The first-order valence-corrected chi connectivity index (χ1v) is 16.0. The molecule has 8 N–H and O–H groups in total. The van der Waals surface area contributed by atoms with E-state index in [2.05, 4.69) is 38.0 Å². The summed E-state index contributed by atoms with van der Waals surface area (Å²) in [5, 5.41) is 15.3. The number of aliphatic imine (C=N–C) groups is 1. The third-order valence-electron chi connectivity index (χ3n) is 7.78. The number of aromatic amines is 1. The van der Waals surface area contributed by atoms with Gasteiger partial charge in [0.05, 0.1) is 6.04 Å². The Morgan fingerprint density at radius 3 is 2.48 bits per heavy atom. The summed E-state index contributed by atoms with van der Waals surface area (Å²) in [6.07, 6.45) is 7.63. The third kappa shape index (κ3) is 12.5. The van der Waals surface area contributed by atoms with Gasteiger partial charge in [-0.05, 0) is 56.5 Å². The summed E-state index contributed by atoms with van der Waals surface area (Å²) in [5.74, 6) is -1.11. The lowest BCUT2D eigenvalue weighted by atomic mass is 10.0. The van der Waals surface area contributed by atoms with Crippen molar-refractivity contribution in [1.29, 1.82) is 0 Å². The number of H-pyrrole nitrogens is 1. The molecule has 0 spiro atoms. The minimum absolute atomic E-state index is 0.101. The number of amides is 2. The fourth-order valence-corrected chi connectivity index (χ4v) is 5.35. The number of nitrogens with zero attached hydrogens (tertiary/aromatic N) is 3. The summed E-state index contributed by atoms with van der Waals surface area (Å²) in [6.45, 7) is 3.37. The molecule has 46 heavy (non-hydrogen) atoms. The largest absolute Gasteiger partial charge is 0.369 e. The van der Waals surface area contributed by atoms with E-state index in [4.69, 9.17) is 11.5 Å². The number of fused-ring (bicyclic) bond motifs is 1. The maximum Gasteiger partial charge on any atom is 0.255 e. The number of benzene rings is 2. The van der Waals surface area contributed by atoms with Crippen molar-refractivity contribution in [2.45, 2.75) is 76.4 Å². The predicted molar refractivity (Wildman–Crippen MR) is 181 cm³/mol. The van der Waals surface area contributed by atoms with Gasteiger partial charge in [0.2, 0.25) is 18.4 Å². The Hall–Kier alpha value is -4.49. The number of aromatic nitrogens is 1. The molecule has 3 unspecified atom stereocenters. The van der Waals surface area contributed by atoms with Gasteiger partial charge >= 0.3 is 0 Å². The fourth-order valence-electron chi connectivity index (χ4n) is 5.35. The molecule has 0 aliphatic rings. The number of rotatable bonds is 19. The van der Waals surface area contributed by atoms with Crippen molar-refractivity contribution in [1.82, 2.24) is 26.1 Å². The van der Waals surface area contributed by atoms with Gasteiger partial charge in [-0.3, -0.25) is 30.6 Å². The number of hydrogen-bond donors (Lipinski definition) is 6. The molecule has 0 aliphatic carbocycles. The van der Waals surface area contributed by atoms with E-state index in [1.54, 1.807) is 0 Å². The zero-order chi connectivity index (χ0) is 33.3. The van der Waals surface area contributed by atoms with E-state index in [-0.39, 0.29) is 31.4 Å². The van der Waals surface area contributed by atoms with Crippen LogP contribution in [0.3, 0.4) is 0 Å². The molecule has 1 heterocycles. The van der Waals surface area contributed by atoms with Crippen LogP contribution >= 0.6 is 0 Å². The Balaban J connectivity index is 1.70. The van der Waals surface area contributed by atoms with Crippen LogP contribution in [0.1, 0.15) is 56.6 Å². The molecule has 2 aromatic carbocycles. The van der Waals surface area contributed by atoms with Crippen molar-refractivity contribution in [3.8, 4) is 0 Å². The van der Waals surface area contributed by atoms with Crippen LogP contribution in [0.25, 0.3) is 10.9 Å². The van der Waals surface area contributed by atoms with Gasteiger partial charge in [0.1, 0.15) is 6.04 Å². The number of carbonyl (C=O) groups is 2. The van der Waals surface area contributed by atoms with Gasteiger partial charge in [-0.2, -0.15) is 0 Å². The van der Waals surface area contributed by atoms with Crippen LogP contribution in [0.2, 0.25) is 0 Å². The quantitative estimate of drug-likeness (QED) is 0.0380. The number of likely N-dealkylation sites (N-methyl/N-ethyl adjacent to an activating group) is 1. The molecule has 0 saturated carbocycles. The molecule has 2 amide bonds. The van der Waals surface area contributed by atoms with Crippen molar-refractivity contribution in [3.05, 3.63) is 82.0 Å². The Kier molecular flexibility index (Phi) is 15.0. The Bertz CT molecular complexity index is 1410. The minimum atomic E-state index is -1.01. The molecule has 1 aromatic heterocycles. The van der Waals surface area contributed by atoms with Crippen molar-refractivity contribution in [2.75, 3.05) is 26.7 Å². The lowest BCUT2D eigenvalue weighted by Crippen LogP contribution is -2.53. The monoisotopic (exact) mass is 635 g/mol. The van der Waals surface area contributed by atoms with Crippen LogP contribution in [-0.2, 0) is 22.4 Å². The van der Waals surface area contributed by atoms with E-state index in [1.165, 1.54) is 6.42 Å². The number of nitrogens with two attached hydrogens (primary N) is 2. The number of nitrogens with one attached hydrogen (secondary N) is 4. The maximum absolute atomic E-state index is 13.7. The second-order valence-electron chi connectivity index (χ2n) is 11.7. The highest BCUT2D eigenvalue weighted by atomic mass is 16.6. The highest BCUT2D eigenvalue weighted by molar-refractivity contribution is 5.89. The molecule has 3 rings (SSSR count). The van der Waals surface area contributed by atoms with Gasteiger partial charge in [0, 0.05) is 41.0 Å². The topological polar surface area (TPSA) is 197 Å². The van der Waals surface area contributed by atoms with E-state index in [1.807, 2.05) is 67.8 Å². The molecule has 0 bridgehead atoms. The number of nitro groups is 1. The van der Waals surface area contributed by atoms with Gasteiger partial charge < -0.3 is 26.7 Å². The lowest BCUT2D eigenvalue weighted by Gasteiger charge is -2.26. The lowest BCUT2D eigenvalue weighted by molar-refractivity contribution is -0.480. The number of unbranched alkanes of at least 4 members (excludes halogenated alkanes) is 3. The molecular formula is C33H49N9O4. The third-order valence-corrected chi connectivity index (χ3v) is 7.78. The Labute approximate surface area is 270 Å². The Morgan fingerprint density at radius 1 is 1.00 bits per heavy atom. The average Bonchev–Trinajstić information content (AvgIpc) is 3.44. The molecule has 3 aromatic rings. The predicted octanol–water partition coefficient (Wildman–Crippen LogP) is 2.64. The van der Waals surface area contributed by atoms with Crippen LogP contribution in [0, 0.1) is 10.1 Å². The number of hydrazine groups is 1. The standard InChI is InChI=1S/C33H49N9O4/c1-3-4-5-11-18-41(2)23-26(21-25-22-36-29-16-10-9-15-27(25)29)37-32(44)30(17-12-19-42(45)46)38-33(35)40-39-31(43)28(34)20-24-13-7-6-8-14-24/h6-10,13-16,22,26,28,30,36H,3-5,11-12,17-21,23,34H2,1-2H3,(H,37,44)(H,39,43)(H3,35,38,40). The SMILES string of the molecule is CCCCCCN(C)CC(Cc1c[nH]c2ccccc12)NC(=O)C(CCC[N+](=O)[O-])N=C(N)NNC(=O)C(N)Cc1ccccc1. The molecule has 0 saturated heterocycles. The average molecular weight is 636 g/mol. The Morgan fingerprint density at radius 2 is 1.74 bits per heavy atom. The second-order valence-corrected chi connectivity index (χ2v) is 11.7. The van der Waals surface area contributed by atoms with Crippen molar-refractivity contribution < 1.29 is 14.5 Å². The van der Waals surface area contributed by atoms with E-state index in [9.17, 15) is 19.7 Å². The maximum atomic E-state index is 13.7. The zero-order valence-electron chi connectivity index (χ0n) is 26.9. The van der Waals surface area contributed by atoms with Gasteiger partial charge in [-0.25, -0.2) is 4.99 Å². The number of para-hydroxylation sites is 1. The van der Waals surface area contributed by atoms with Crippen LogP contribution in [0.5, 0.6) is 0 Å². The van der Waals surface area contributed by atoms with E-state index >= 15 is 0 Å². The van der Waals surface area contributed by atoms with Crippen molar-refractivity contribution in [3.63, 3.8) is 0 Å². The van der Waals surface area contributed by atoms with Crippen LogP contribution in [0.4, 0.5) is 0 Å². The van der Waals surface area contributed by atoms with Crippen LogP contribution < -0.4 is 27.6 Å². The van der Waals surface area contributed by atoms with Gasteiger partial charge in [-0.1, -0.05) is 74.7 Å². The highest BCUT2D eigenvalue weighted by Crippen LogP contribution is 2.20. The molecule has 13 nitrogen and oxygen atoms in total. The number of carbonyl (C=O) groups excluding carboxylic acids is 2. The molecule has 0 radical (unpaired) electrons. The summed E-state index contributed by atoms with van der Waals surface area (Å²) in [7, 11) is 2.04. The second kappa shape index (κ2) is 19.1. The molecule has 13 heteroatoms. The van der Waals surface area contributed by atoms with Crippen molar-refractivity contribution >= 4 is 28.7 Å². The smallest absolute Gasteiger partial charge is 0.255 e. The van der Waals surface area contributed by atoms with E-state index in [0.717, 1.165) is 47.8 Å². The first-order chi connectivity index (χ1) is 22.2. The highest BCUT2D eigenvalue weighted by Gasteiger charge is 2.24. The zero-order valence-corrected chi connectivity index (χ0v) is 26.9. The minimum Gasteiger partial charge on any atom is -0.369 e. The summed E-state index contributed by atoms with van der Waals surface area (Å²) >= 11 is 0. The van der Waals surface area contributed by atoms with Gasteiger partial charge in [0.15, 0.2) is 0 Å². The summed E-state index contributed by atoms with van der Waals surface area (Å²) in [4.78, 5) is 46.7. The van der Waals surface area contributed by atoms with Crippen LogP contribution in [-0.4, -0.2) is 77.4 Å². The summed E-state index contributed by atoms with van der Waals surface area (Å²) in [5.41, 5.74) is 20.1. The summed E-state index contributed by atoms with van der Waals surface area (Å²) < 4.78 is 0. The molecular weight excluding hydrogens is 586 g/mol. The summed E-state index contributed by atoms with van der Waals surface area (Å²) in [6, 6.07) is 15.3. The first-order valence-electron chi connectivity index (χ1n) is 16.0. The van der Waals surface area contributed by atoms with Crippen molar-refractivity contribution in [2.24, 2.45) is 16.5 Å². The van der Waals surface area contributed by atoms with Crippen LogP contribution in [0.15, 0.2) is 65.8 Å². The normalized spacial score (nSPS) is 13.7. The molecule has 250 valence electrons. The van der Waals surface area contributed by atoms with E-state index < -0.39 is 28.8 Å². The number of hydrogen-bond acceptors (Lipinski definition) is 7. The van der Waals surface area contributed by atoms with Gasteiger partial charge in [0.25, 0.3) is 5.91 Å².